The van der Waals surface area contributed by atoms with Crippen LogP contribution in [0, 0.1) is 0 Å². The van der Waals surface area contributed by atoms with Crippen LogP contribution in [-0.2, 0) is 16.0 Å². The van der Waals surface area contributed by atoms with Crippen molar-refractivity contribution < 1.29 is 9.53 Å². The molecule has 0 saturated carbocycles. The van der Waals surface area contributed by atoms with Gasteiger partial charge in [0.2, 0.25) is 0 Å². The third kappa shape index (κ3) is 4.39. The first-order valence-corrected chi connectivity index (χ1v) is 9.51. The van der Waals surface area contributed by atoms with Crippen molar-refractivity contribution >= 4 is 40.8 Å². The second-order valence-electron chi connectivity index (χ2n) is 4.35. The van der Waals surface area contributed by atoms with E-state index in [0.717, 1.165) is 5.69 Å². The summed E-state index contributed by atoms with van der Waals surface area (Å²) in [7, 11) is 0. The highest BCUT2D eigenvalue weighted by Gasteiger charge is 2.26. The van der Waals surface area contributed by atoms with E-state index in [1.807, 2.05) is 30.4 Å². The van der Waals surface area contributed by atoms with E-state index in [-0.39, 0.29) is 5.97 Å². The smallest absolute Gasteiger partial charge is 0.306 e. The molecule has 1 aliphatic heterocycles. The number of nitrogens with zero attached hydrogens (tertiary/aromatic N) is 1. The molecule has 0 N–H and O–H groups in total. The first-order valence-electron chi connectivity index (χ1n) is 6.53. The van der Waals surface area contributed by atoms with Gasteiger partial charge in [-0.25, -0.2) is 4.98 Å². The number of carbonyl (C=O) groups excluding carboxylic acids is 1. The number of ether oxygens (including phenoxy) is 1. The topological polar surface area (TPSA) is 39.2 Å². The summed E-state index contributed by atoms with van der Waals surface area (Å²) in [5, 5.41) is 4.44. The van der Waals surface area contributed by atoms with Crippen LogP contribution >= 0.6 is 34.9 Å². The summed E-state index contributed by atoms with van der Waals surface area (Å²) in [4.78, 5) is 16.0. The first kappa shape index (κ1) is 15.2. The van der Waals surface area contributed by atoms with Crippen LogP contribution in [0.2, 0.25) is 0 Å². The number of rotatable bonds is 5. The first-order chi connectivity index (χ1) is 9.20. The Morgan fingerprint density at radius 2 is 2.26 bits per heavy atom. The lowest BCUT2D eigenvalue weighted by molar-refractivity contribution is -0.143. The summed E-state index contributed by atoms with van der Waals surface area (Å²) >= 11 is 5.76. The second-order valence-corrected chi connectivity index (χ2v) is 7.97. The summed E-state index contributed by atoms with van der Waals surface area (Å²) in [5.41, 5.74) is 1.02. The van der Waals surface area contributed by atoms with Crippen molar-refractivity contribution in [1.82, 2.24) is 4.98 Å². The van der Waals surface area contributed by atoms with Crippen LogP contribution < -0.4 is 0 Å². The number of thioether (sulfide) groups is 2. The van der Waals surface area contributed by atoms with Crippen LogP contribution in [0.5, 0.6) is 0 Å². The van der Waals surface area contributed by atoms with Crippen molar-refractivity contribution in [2.24, 2.45) is 0 Å². The molecule has 0 bridgehead atoms. The van der Waals surface area contributed by atoms with E-state index in [0.29, 0.717) is 29.9 Å². The van der Waals surface area contributed by atoms with Crippen molar-refractivity contribution in [2.45, 2.75) is 37.2 Å². The molecule has 1 saturated heterocycles. The lowest BCUT2D eigenvalue weighted by Crippen LogP contribution is -2.15. The number of aryl methyl sites for hydroxylation is 1. The summed E-state index contributed by atoms with van der Waals surface area (Å²) in [6, 6.07) is 0. The molecule has 0 amide bonds. The Labute approximate surface area is 126 Å². The monoisotopic (exact) mass is 317 g/mol. The summed E-state index contributed by atoms with van der Waals surface area (Å²) in [6.07, 6.45) is 1.12. The Morgan fingerprint density at radius 3 is 3.00 bits per heavy atom. The SMILES string of the molecule is CCOC(=O)CCc1csc(C2SCCSC2C)n1. The van der Waals surface area contributed by atoms with Crippen LogP contribution in [0.25, 0.3) is 0 Å². The predicted octanol–water partition coefficient (Wildman–Crippen LogP) is 3.55. The van der Waals surface area contributed by atoms with Crippen molar-refractivity contribution in [3.8, 4) is 0 Å². The highest BCUT2D eigenvalue weighted by molar-refractivity contribution is 8.06. The molecular weight excluding hydrogens is 298 g/mol. The van der Waals surface area contributed by atoms with Gasteiger partial charge in [-0.2, -0.15) is 11.8 Å². The molecule has 2 atom stereocenters. The molecule has 0 radical (unpaired) electrons. The molecule has 6 heteroatoms. The normalized spacial score (nSPS) is 23.3. The van der Waals surface area contributed by atoms with Gasteiger partial charge in [0, 0.05) is 28.6 Å². The molecule has 1 aromatic heterocycles. The van der Waals surface area contributed by atoms with Crippen molar-refractivity contribution in [1.29, 1.82) is 0 Å². The Hall–Kier alpha value is -0.200. The number of aromatic nitrogens is 1. The largest absolute Gasteiger partial charge is 0.466 e. The van der Waals surface area contributed by atoms with Crippen molar-refractivity contribution in [3.05, 3.63) is 16.1 Å². The van der Waals surface area contributed by atoms with Crippen LogP contribution in [0.15, 0.2) is 5.38 Å². The van der Waals surface area contributed by atoms with E-state index in [4.69, 9.17) is 9.72 Å². The van der Waals surface area contributed by atoms with Crippen LogP contribution in [-0.4, -0.2) is 34.3 Å². The molecule has 1 fully saturated rings. The molecule has 1 aliphatic rings. The Bertz CT molecular complexity index is 422. The molecule has 1 aromatic rings. The van der Waals surface area contributed by atoms with Gasteiger partial charge >= 0.3 is 5.97 Å². The minimum Gasteiger partial charge on any atom is -0.466 e. The number of hydrogen-bond donors (Lipinski definition) is 0. The van der Waals surface area contributed by atoms with E-state index >= 15 is 0 Å². The molecule has 2 rings (SSSR count). The molecule has 19 heavy (non-hydrogen) atoms. The predicted molar refractivity (Wildman–Crippen MR) is 84.2 cm³/mol. The van der Waals surface area contributed by atoms with Crippen LogP contribution in [0.4, 0.5) is 0 Å². The maximum Gasteiger partial charge on any atom is 0.306 e. The van der Waals surface area contributed by atoms with Gasteiger partial charge in [0.1, 0.15) is 5.01 Å². The van der Waals surface area contributed by atoms with E-state index in [1.54, 1.807) is 11.3 Å². The average Bonchev–Trinajstić information content (AvgIpc) is 2.86. The molecule has 2 unspecified atom stereocenters. The van der Waals surface area contributed by atoms with E-state index < -0.39 is 0 Å². The van der Waals surface area contributed by atoms with Crippen molar-refractivity contribution in [3.63, 3.8) is 0 Å². The van der Waals surface area contributed by atoms with Gasteiger partial charge in [0.15, 0.2) is 0 Å². The fourth-order valence-corrected chi connectivity index (χ4v) is 5.96. The number of esters is 1. The van der Waals surface area contributed by atoms with E-state index in [2.05, 4.69) is 12.3 Å². The lowest BCUT2D eigenvalue weighted by atomic mass is 10.2. The highest BCUT2D eigenvalue weighted by atomic mass is 32.2. The Kier molecular flexibility index (Phi) is 6.04. The average molecular weight is 318 g/mol. The third-order valence-electron chi connectivity index (χ3n) is 2.89. The zero-order chi connectivity index (χ0) is 13.7. The second kappa shape index (κ2) is 7.55. The summed E-state index contributed by atoms with van der Waals surface area (Å²) in [5.74, 6) is 2.31. The molecule has 2 heterocycles. The number of thiazole rings is 1. The molecule has 0 spiro atoms. The maximum atomic E-state index is 11.3. The van der Waals surface area contributed by atoms with E-state index in [9.17, 15) is 4.79 Å². The van der Waals surface area contributed by atoms with Crippen LogP contribution in [0.3, 0.4) is 0 Å². The minimum absolute atomic E-state index is 0.131. The fraction of sp³-hybridized carbons (Fsp3) is 0.692. The van der Waals surface area contributed by atoms with Crippen LogP contribution in [0.1, 0.15) is 36.2 Å². The van der Waals surface area contributed by atoms with Gasteiger partial charge in [-0.3, -0.25) is 4.79 Å². The summed E-state index contributed by atoms with van der Waals surface area (Å²) < 4.78 is 4.93. The molecular formula is C13H19NO2S3. The maximum absolute atomic E-state index is 11.3. The molecule has 3 nitrogen and oxygen atoms in total. The molecule has 106 valence electrons. The number of hydrogen-bond acceptors (Lipinski definition) is 6. The van der Waals surface area contributed by atoms with Gasteiger partial charge in [0.25, 0.3) is 0 Å². The van der Waals surface area contributed by atoms with Gasteiger partial charge in [-0.15, -0.1) is 23.1 Å². The fourth-order valence-electron chi connectivity index (χ4n) is 1.94. The third-order valence-corrected chi connectivity index (χ3v) is 7.12. The van der Waals surface area contributed by atoms with Gasteiger partial charge in [0.05, 0.1) is 24.0 Å². The molecule has 0 aliphatic carbocycles. The zero-order valence-corrected chi connectivity index (χ0v) is 13.7. The molecule has 0 aromatic carbocycles. The quantitative estimate of drug-likeness (QED) is 0.777. The highest BCUT2D eigenvalue weighted by Crippen LogP contribution is 2.43. The zero-order valence-electron chi connectivity index (χ0n) is 11.3. The van der Waals surface area contributed by atoms with Crippen molar-refractivity contribution in [2.75, 3.05) is 18.1 Å². The lowest BCUT2D eigenvalue weighted by Gasteiger charge is -2.25. The Morgan fingerprint density at radius 1 is 1.47 bits per heavy atom. The van der Waals surface area contributed by atoms with E-state index in [1.165, 1.54) is 16.5 Å². The minimum atomic E-state index is -0.131. The standard InChI is InChI=1S/C13H19NO2S3/c1-3-16-11(15)5-4-10-8-19-13(14-10)12-9(2)17-6-7-18-12/h8-9,12H,3-7H2,1-2H3. The summed E-state index contributed by atoms with van der Waals surface area (Å²) in [6.45, 7) is 4.56. The van der Waals surface area contributed by atoms with Gasteiger partial charge in [-0.05, 0) is 6.92 Å². The Balaban J connectivity index is 1.89. The van der Waals surface area contributed by atoms with Gasteiger partial charge in [-0.1, -0.05) is 6.92 Å². The van der Waals surface area contributed by atoms with Gasteiger partial charge < -0.3 is 4.74 Å². The number of carbonyl (C=O) groups is 1.